The molecule has 1 aliphatic rings. The largest absolute Gasteiger partial charge is 0.497 e. The van der Waals surface area contributed by atoms with E-state index in [9.17, 15) is 9.59 Å². The van der Waals surface area contributed by atoms with Crippen LogP contribution in [0.4, 0.5) is 0 Å². The maximum Gasteiger partial charge on any atom is 0.253 e. The van der Waals surface area contributed by atoms with Gasteiger partial charge in [-0.1, -0.05) is 18.2 Å². The van der Waals surface area contributed by atoms with Crippen molar-refractivity contribution in [3.05, 3.63) is 65.9 Å². The second-order valence-corrected chi connectivity index (χ2v) is 7.76. The first-order valence-corrected chi connectivity index (χ1v) is 10.4. The number of aromatic amines is 1. The molecule has 0 unspecified atom stereocenters. The standard InChI is InChI=1S/C24H27N3O3/c1-30-21-8-4-17(5-9-21)10-12-26-23(28)20-3-2-14-27(16-20)24(29)19-7-6-18-11-13-25-22(18)15-19/h4-9,11,13,15,20,25H,2-3,10,12,14,16H2,1H3,(H,26,28)/t20-/m1/s1. The minimum Gasteiger partial charge on any atom is -0.497 e. The molecular weight excluding hydrogens is 378 g/mol. The molecule has 1 atom stereocenters. The van der Waals surface area contributed by atoms with Crippen molar-refractivity contribution in [2.75, 3.05) is 26.7 Å². The van der Waals surface area contributed by atoms with Crippen LogP contribution in [0.5, 0.6) is 5.75 Å². The molecule has 1 fully saturated rings. The molecule has 6 nitrogen and oxygen atoms in total. The van der Waals surface area contributed by atoms with Gasteiger partial charge in [-0.25, -0.2) is 0 Å². The molecule has 3 aromatic rings. The molecule has 30 heavy (non-hydrogen) atoms. The van der Waals surface area contributed by atoms with Crippen LogP contribution in [0.3, 0.4) is 0 Å². The normalized spacial score (nSPS) is 16.4. The van der Waals surface area contributed by atoms with Crippen LogP contribution in [0.15, 0.2) is 54.7 Å². The molecule has 2 N–H and O–H groups in total. The molecule has 0 saturated carbocycles. The molecule has 0 bridgehead atoms. The molecule has 4 rings (SSSR count). The highest BCUT2D eigenvalue weighted by atomic mass is 16.5. The quantitative estimate of drug-likeness (QED) is 0.660. The summed E-state index contributed by atoms with van der Waals surface area (Å²) in [4.78, 5) is 30.6. The summed E-state index contributed by atoms with van der Waals surface area (Å²) in [5.41, 5.74) is 2.76. The van der Waals surface area contributed by atoms with Gasteiger partial charge in [-0.2, -0.15) is 0 Å². The number of rotatable bonds is 6. The van der Waals surface area contributed by atoms with Crippen LogP contribution < -0.4 is 10.1 Å². The third-order valence-electron chi connectivity index (χ3n) is 5.75. The number of fused-ring (bicyclic) bond motifs is 1. The highest BCUT2D eigenvalue weighted by molar-refractivity contribution is 5.98. The summed E-state index contributed by atoms with van der Waals surface area (Å²) in [6.07, 6.45) is 4.29. The van der Waals surface area contributed by atoms with Crippen molar-refractivity contribution in [1.29, 1.82) is 0 Å². The third-order valence-corrected chi connectivity index (χ3v) is 5.75. The predicted octanol–water partition coefficient (Wildman–Crippen LogP) is 3.39. The van der Waals surface area contributed by atoms with Gasteiger partial charge in [0.1, 0.15) is 5.75 Å². The average Bonchev–Trinajstić information content (AvgIpc) is 3.27. The van der Waals surface area contributed by atoms with Gasteiger partial charge in [-0.3, -0.25) is 9.59 Å². The maximum absolute atomic E-state index is 13.0. The van der Waals surface area contributed by atoms with Gasteiger partial charge in [-0.05, 0) is 60.5 Å². The fourth-order valence-electron chi connectivity index (χ4n) is 4.01. The topological polar surface area (TPSA) is 74.4 Å². The van der Waals surface area contributed by atoms with Crippen molar-refractivity contribution < 1.29 is 14.3 Å². The van der Waals surface area contributed by atoms with E-state index < -0.39 is 0 Å². The number of carbonyl (C=O) groups excluding carboxylic acids is 2. The molecule has 2 amide bonds. The van der Waals surface area contributed by atoms with E-state index >= 15 is 0 Å². The van der Waals surface area contributed by atoms with Crippen LogP contribution in [0.1, 0.15) is 28.8 Å². The number of nitrogens with zero attached hydrogens (tertiary/aromatic N) is 1. The number of amides is 2. The number of hydrogen-bond acceptors (Lipinski definition) is 3. The highest BCUT2D eigenvalue weighted by Crippen LogP contribution is 2.21. The van der Waals surface area contributed by atoms with E-state index in [-0.39, 0.29) is 17.7 Å². The summed E-state index contributed by atoms with van der Waals surface area (Å²) in [5.74, 6) is 0.681. The summed E-state index contributed by atoms with van der Waals surface area (Å²) in [6.45, 7) is 1.74. The number of H-pyrrole nitrogens is 1. The molecule has 0 spiro atoms. The lowest BCUT2D eigenvalue weighted by Gasteiger charge is -2.32. The lowest BCUT2D eigenvalue weighted by molar-refractivity contribution is -0.126. The molecular formula is C24H27N3O3. The fraction of sp³-hybridized carbons (Fsp3) is 0.333. The molecule has 6 heteroatoms. The van der Waals surface area contributed by atoms with Gasteiger partial charge < -0.3 is 19.9 Å². The van der Waals surface area contributed by atoms with E-state index in [1.54, 1.807) is 12.0 Å². The molecule has 0 radical (unpaired) electrons. The molecule has 1 aromatic heterocycles. The van der Waals surface area contributed by atoms with Crippen LogP contribution in [0.25, 0.3) is 10.9 Å². The predicted molar refractivity (Wildman–Crippen MR) is 117 cm³/mol. The lowest BCUT2D eigenvalue weighted by atomic mass is 9.96. The monoisotopic (exact) mass is 405 g/mol. The Kier molecular flexibility index (Phi) is 6.02. The Labute approximate surface area is 176 Å². The Bertz CT molecular complexity index is 1030. The average molecular weight is 405 g/mol. The van der Waals surface area contributed by atoms with Gasteiger partial charge in [0.15, 0.2) is 0 Å². The molecule has 1 aliphatic heterocycles. The smallest absolute Gasteiger partial charge is 0.253 e. The Morgan fingerprint density at radius 1 is 1.17 bits per heavy atom. The van der Waals surface area contributed by atoms with Crippen molar-refractivity contribution in [3.8, 4) is 5.75 Å². The number of hydrogen-bond donors (Lipinski definition) is 2. The second kappa shape index (κ2) is 9.03. The van der Waals surface area contributed by atoms with Gasteiger partial charge in [0.2, 0.25) is 5.91 Å². The van der Waals surface area contributed by atoms with Gasteiger partial charge >= 0.3 is 0 Å². The van der Waals surface area contributed by atoms with E-state index in [4.69, 9.17) is 4.74 Å². The van der Waals surface area contributed by atoms with Crippen LogP contribution in [0, 0.1) is 5.92 Å². The number of piperidine rings is 1. The minimum atomic E-state index is -0.159. The van der Waals surface area contributed by atoms with Crippen molar-refractivity contribution in [3.63, 3.8) is 0 Å². The van der Waals surface area contributed by atoms with Gasteiger partial charge in [0, 0.05) is 36.9 Å². The van der Waals surface area contributed by atoms with E-state index in [0.717, 1.165) is 41.5 Å². The summed E-state index contributed by atoms with van der Waals surface area (Å²) in [5, 5.41) is 4.12. The Morgan fingerprint density at radius 2 is 2.00 bits per heavy atom. The lowest BCUT2D eigenvalue weighted by Crippen LogP contribution is -2.45. The van der Waals surface area contributed by atoms with Gasteiger partial charge in [0.05, 0.1) is 13.0 Å². The molecule has 2 aromatic carbocycles. The number of ether oxygens (including phenoxy) is 1. The van der Waals surface area contributed by atoms with E-state index in [1.165, 1.54) is 0 Å². The highest BCUT2D eigenvalue weighted by Gasteiger charge is 2.28. The first-order valence-electron chi connectivity index (χ1n) is 10.4. The molecule has 0 aliphatic carbocycles. The van der Waals surface area contributed by atoms with Crippen molar-refractivity contribution in [2.45, 2.75) is 19.3 Å². The fourth-order valence-corrected chi connectivity index (χ4v) is 4.01. The zero-order valence-electron chi connectivity index (χ0n) is 17.2. The van der Waals surface area contributed by atoms with Crippen LogP contribution in [-0.4, -0.2) is 48.4 Å². The maximum atomic E-state index is 13.0. The first kappa shape index (κ1) is 20.0. The van der Waals surface area contributed by atoms with Crippen LogP contribution >= 0.6 is 0 Å². The molecule has 1 saturated heterocycles. The number of likely N-dealkylation sites (tertiary alicyclic amines) is 1. The van der Waals surface area contributed by atoms with Crippen molar-refractivity contribution in [1.82, 2.24) is 15.2 Å². The number of methoxy groups -OCH3 is 1. The SMILES string of the molecule is COc1ccc(CCNC(=O)[C@@H]2CCCN(C(=O)c3ccc4cc[nH]c4c3)C2)cc1. The van der Waals surface area contributed by atoms with Gasteiger partial charge in [0.25, 0.3) is 5.91 Å². The minimum absolute atomic E-state index is 0.0118. The third kappa shape index (κ3) is 4.48. The van der Waals surface area contributed by atoms with Gasteiger partial charge in [-0.15, -0.1) is 0 Å². The van der Waals surface area contributed by atoms with Crippen LogP contribution in [0.2, 0.25) is 0 Å². The Balaban J connectivity index is 1.31. The van der Waals surface area contributed by atoms with E-state index in [0.29, 0.717) is 25.2 Å². The molecule has 156 valence electrons. The van der Waals surface area contributed by atoms with E-state index in [2.05, 4.69) is 10.3 Å². The Morgan fingerprint density at radius 3 is 2.80 bits per heavy atom. The first-order chi connectivity index (χ1) is 14.6. The van der Waals surface area contributed by atoms with Crippen molar-refractivity contribution >= 4 is 22.7 Å². The van der Waals surface area contributed by atoms with E-state index in [1.807, 2.05) is 54.7 Å². The summed E-state index contributed by atoms with van der Waals surface area (Å²) in [7, 11) is 1.64. The summed E-state index contributed by atoms with van der Waals surface area (Å²) < 4.78 is 5.17. The summed E-state index contributed by atoms with van der Waals surface area (Å²) >= 11 is 0. The van der Waals surface area contributed by atoms with Crippen molar-refractivity contribution in [2.24, 2.45) is 5.92 Å². The number of aromatic nitrogens is 1. The summed E-state index contributed by atoms with van der Waals surface area (Å²) in [6, 6.07) is 15.5. The zero-order valence-corrected chi connectivity index (χ0v) is 17.2. The Hall–Kier alpha value is -3.28. The zero-order chi connectivity index (χ0) is 20.9. The second-order valence-electron chi connectivity index (χ2n) is 7.76. The molecule has 2 heterocycles. The van der Waals surface area contributed by atoms with Crippen LogP contribution in [-0.2, 0) is 11.2 Å². The number of nitrogens with one attached hydrogen (secondary N) is 2. The number of benzene rings is 2. The number of carbonyl (C=O) groups is 2.